The zero-order chi connectivity index (χ0) is 19.3. The maximum Gasteiger partial charge on any atom is 0.315 e. The van der Waals surface area contributed by atoms with E-state index in [0.29, 0.717) is 19.0 Å². The Morgan fingerprint density at radius 3 is 2.44 bits per heavy atom. The van der Waals surface area contributed by atoms with Gasteiger partial charge in [-0.15, -0.1) is 12.4 Å². The highest BCUT2D eigenvalue weighted by Gasteiger charge is 2.36. The largest absolute Gasteiger partial charge is 0.338 e. The van der Waals surface area contributed by atoms with Crippen LogP contribution in [0.1, 0.15) is 32.8 Å². The van der Waals surface area contributed by atoms with E-state index in [4.69, 9.17) is 5.73 Å². The number of carbonyl (C=O) groups excluding carboxylic acids is 2. The van der Waals surface area contributed by atoms with Gasteiger partial charge in [0.25, 0.3) is 0 Å². The minimum Gasteiger partial charge on any atom is -0.338 e. The third-order valence-electron chi connectivity index (χ3n) is 4.86. The van der Waals surface area contributed by atoms with Crippen LogP contribution in [0.25, 0.3) is 0 Å². The number of amides is 3. The minimum absolute atomic E-state index is 0. The van der Waals surface area contributed by atoms with Gasteiger partial charge in [-0.25, -0.2) is 9.18 Å². The summed E-state index contributed by atoms with van der Waals surface area (Å²) in [4.78, 5) is 27.0. The molecule has 0 aromatic heterocycles. The number of likely N-dealkylation sites (tertiary alicyclic amines) is 1. The molecule has 4 N–H and O–H groups in total. The van der Waals surface area contributed by atoms with Gasteiger partial charge in [-0.3, -0.25) is 4.79 Å². The number of halogens is 2. The van der Waals surface area contributed by atoms with Crippen LogP contribution in [0.4, 0.5) is 9.18 Å². The van der Waals surface area contributed by atoms with Gasteiger partial charge in [-0.05, 0) is 49.4 Å². The van der Waals surface area contributed by atoms with Crippen LogP contribution in [0.3, 0.4) is 0 Å². The van der Waals surface area contributed by atoms with Crippen molar-refractivity contribution in [3.63, 3.8) is 0 Å². The van der Waals surface area contributed by atoms with Gasteiger partial charge in [-0.2, -0.15) is 0 Å². The summed E-state index contributed by atoms with van der Waals surface area (Å²) in [6, 6.07) is 5.03. The number of nitrogens with two attached hydrogens (primary N) is 1. The summed E-state index contributed by atoms with van der Waals surface area (Å²) in [5.41, 5.74) is 6.52. The van der Waals surface area contributed by atoms with Crippen molar-refractivity contribution < 1.29 is 14.0 Å². The van der Waals surface area contributed by atoms with Crippen LogP contribution in [0.2, 0.25) is 0 Å². The van der Waals surface area contributed by atoms with E-state index in [1.54, 1.807) is 12.1 Å². The fraction of sp³-hybridized carbons (Fsp3) is 0.579. The molecule has 6 nitrogen and oxygen atoms in total. The maximum atomic E-state index is 12.9. The highest BCUT2D eigenvalue weighted by atomic mass is 35.5. The fourth-order valence-corrected chi connectivity index (χ4v) is 3.29. The predicted molar refractivity (Wildman–Crippen MR) is 106 cm³/mol. The van der Waals surface area contributed by atoms with Crippen LogP contribution in [0.15, 0.2) is 24.3 Å². The first kappa shape index (κ1) is 23.2. The summed E-state index contributed by atoms with van der Waals surface area (Å²) < 4.78 is 12.9. The molecule has 3 amide bonds. The van der Waals surface area contributed by atoms with Gasteiger partial charge in [0.1, 0.15) is 11.9 Å². The average Bonchev–Trinajstić information content (AvgIpc) is 2.99. The van der Waals surface area contributed by atoms with Crippen molar-refractivity contribution in [3.05, 3.63) is 35.6 Å². The molecule has 1 aliphatic rings. The number of rotatable bonds is 6. The summed E-state index contributed by atoms with van der Waals surface area (Å²) in [6.45, 7) is 7.29. The summed E-state index contributed by atoms with van der Waals surface area (Å²) in [5, 5.41) is 5.50. The van der Waals surface area contributed by atoms with Gasteiger partial charge in [0.2, 0.25) is 5.91 Å². The second-order valence-corrected chi connectivity index (χ2v) is 7.35. The second kappa shape index (κ2) is 10.5. The summed E-state index contributed by atoms with van der Waals surface area (Å²) in [7, 11) is 0. The number of hydrogen-bond donors (Lipinski definition) is 3. The van der Waals surface area contributed by atoms with E-state index in [9.17, 15) is 14.0 Å². The molecule has 0 aliphatic carbocycles. The molecule has 0 saturated carbocycles. The highest BCUT2D eigenvalue weighted by molar-refractivity contribution is 5.87. The van der Waals surface area contributed by atoms with Crippen molar-refractivity contribution in [3.8, 4) is 0 Å². The Labute approximate surface area is 166 Å². The van der Waals surface area contributed by atoms with Crippen LogP contribution in [0, 0.1) is 17.7 Å². The van der Waals surface area contributed by atoms with Gasteiger partial charge in [0, 0.05) is 19.1 Å². The number of hydrogen-bond acceptors (Lipinski definition) is 3. The molecule has 8 heteroatoms. The molecule has 1 aromatic rings. The zero-order valence-corrected chi connectivity index (χ0v) is 16.9. The highest BCUT2D eigenvalue weighted by Crippen LogP contribution is 2.24. The topological polar surface area (TPSA) is 87.5 Å². The fourth-order valence-electron chi connectivity index (χ4n) is 3.29. The quantitative estimate of drug-likeness (QED) is 0.684. The number of carbonyl (C=O) groups is 2. The SMILES string of the molecule is CC(C)C(NC(=O)NCc1ccc(F)cc1)C(=O)N1CC(CN)CC1C.Cl. The first-order valence-corrected chi connectivity index (χ1v) is 9.11. The van der Waals surface area contributed by atoms with Gasteiger partial charge in [0.05, 0.1) is 0 Å². The molecule has 0 spiro atoms. The van der Waals surface area contributed by atoms with E-state index in [1.807, 2.05) is 25.7 Å². The van der Waals surface area contributed by atoms with Crippen molar-refractivity contribution >= 4 is 24.3 Å². The van der Waals surface area contributed by atoms with E-state index in [-0.39, 0.29) is 42.6 Å². The van der Waals surface area contributed by atoms with Crippen LogP contribution in [-0.2, 0) is 11.3 Å². The lowest BCUT2D eigenvalue weighted by Crippen LogP contribution is -2.54. The van der Waals surface area contributed by atoms with Crippen molar-refractivity contribution in [1.82, 2.24) is 15.5 Å². The number of nitrogens with zero attached hydrogens (tertiary/aromatic N) is 1. The van der Waals surface area contributed by atoms with Crippen LogP contribution < -0.4 is 16.4 Å². The molecular weight excluding hydrogens is 371 g/mol. The third kappa shape index (κ3) is 6.36. The molecule has 0 bridgehead atoms. The molecule has 1 heterocycles. The van der Waals surface area contributed by atoms with Crippen LogP contribution in [0.5, 0.6) is 0 Å². The van der Waals surface area contributed by atoms with Gasteiger partial charge in [0.15, 0.2) is 0 Å². The molecule has 3 unspecified atom stereocenters. The number of benzene rings is 1. The lowest BCUT2D eigenvalue weighted by molar-refractivity contribution is -0.134. The normalized spacial score (nSPS) is 20.1. The van der Waals surface area contributed by atoms with Gasteiger partial charge >= 0.3 is 6.03 Å². The predicted octanol–water partition coefficient (Wildman–Crippen LogP) is 2.27. The molecular formula is C19H30ClFN4O2. The van der Waals surface area contributed by atoms with E-state index in [2.05, 4.69) is 10.6 Å². The monoisotopic (exact) mass is 400 g/mol. The van der Waals surface area contributed by atoms with Crippen molar-refractivity contribution in [2.75, 3.05) is 13.1 Å². The van der Waals surface area contributed by atoms with Gasteiger partial charge < -0.3 is 21.3 Å². The van der Waals surface area contributed by atoms with E-state index < -0.39 is 12.1 Å². The molecule has 27 heavy (non-hydrogen) atoms. The Morgan fingerprint density at radius 2 is 1.93 bits per heavy atom. The molecule has 0 radical (unpaired) electrons. The van der Waals surface area contributed by atoms with Crippen LogP contribution >= 0.6 is 12.4 Å². The molecule has 2 rings (SSSR count). The lowest BCUT2D eigenvalue weighted by Gasteiger charge is -2.29. The molecule has 1 aliphatic heterocycles. The Kier molecular flexibility index (Phi) is 8.99. The standard InChI is InChI=1S/C19H29FN4O2.ClH/c1-12(2)17(18(25)24-11-15(9-21)8-13(24)3)23-19(26)22-10-14-4-6-16(20)7-5-14;/h4-7,12-13,15,17H,8-11,21H2,1-3H3,(H2,22,23,26);1H. The van der Waals surface area contributed by atoms with E-state index in [1.165, 1.54) is 12.1 Å². The Bertz CT molecular complexity index is 627. The summed E-state index contributed by atoms with van der Waals surface area (Å²) >= 11 is 0. The zero-order valence-electron chi connectivity index (χ0n) is 16.1. The second-order valence-electron chi connectivity index (χ2n) is 7.35. The molecule has 152 valence electrons. The molecule has 3 atom stereocenters. The molecule has 1 aromatic carbocycles. The lowest BCUT2D eigenvalue weighted by atomic mass is 10.0. The first-order valence-electron chi connectivity index (χ1n) is 9.11. The maximum absolute atomic E-state index is 12.9. The van der Waals surface area contributed by atoms with Crippen molar-refractivity contribution in [1.29, 1.82) is 0 Å². The summed E-state index contributed by atoms with van der Waals surface area (Å²) in [5.74, 6) is -0.114. The van der Waals surface area contributed by atoms with Gasteiger partial charge in [-0.1, -0.05) is 26.0 Å². The van der Waals surface area contributed by atoms with E-state index in [0.717, 1.165) is 12.0 Å². The Morgan fingerprint density at radius 1 is 1.30 bits per heavy atom. The third-order valence-corrected chi connectivity index (χ3v) is 4.86. The number of nitrogens with one attached hydrogen (secondary N) is 2. The average molecular weight is 401 g/mol. The summed E-state index contributed by atoms with van der Waals surface area (Å²) in [6.07, 6.45) is 0.893. The Balaban J connectivity index is 0.00000364. The molecule has 1 saturated heterocycles. The number of urea groups is 1. The van der Waals surface area contributed by atoms with Crippen molar-refractivity contribution in [2.45, 2.75) is 45.8 Å². The molecule has 1 fully saturated rings. The Hall–Kier alpha value is -1.86. The van der Waals surface area contributed by atoms with Crippen molar-refractivity contribution in [2.24, 2.45) is 17.6 Å². The first-order chi connectivity index (χ1) is 12.3. The van der Waals surface area contributed by atoms with Crippen LogP contribution in [-0.4, -0.2) is 42.0 Å². The minimum atomic E-state index is -0.595. The smallest absolute Gasteiger partial charge is 0.315 e. The van der Waals surface area contributed by atoms with E-state index >= 15 is 0 Å².